The summed E-state index contributed by atoms with van der Waals surface area (Å²) in [4.78, 5) is 44.6. The number of carbonyl (C=O) groups is 2. The molecule has 97 heavy (non-hydrogen) atoms. The van der Waals surface area contributed by atoms with E-state index < -0.39 is 0 Å². The first kappa shape index (κ1) is 81.0. The van der Waals surface area contributed by atoms with Crippen LogP contribution in [0.3, 0.4) is 0 Å². The lowest BCUT2D eigenvalue weighted by Gasteiger charge is -2.26. The van der Waals surface area contributed by atoms with Gasteiger partial charge in [0.1, 0.15) is 48.1 Å². The van der Waals surface area contributed by atoms with E-state index in [0.29, 0.717) is 91.6 Å². The molecule has 0 fully saturated rings. The Labute approximate surface area is 581 Å². The summed E-state index contributed by atoms with van der Waals surface area (Å²) in [5, 5.41) is 56.6. The summed E-state index contributed by atoms with van der Waals surface area (Å²) in [7, 11) is 0. The molecule has 0 aliphatic rings. The molecule has 0 saturated heterocycles. The van der Waals surface area contributed by atoms with Crippen LogP contribution in [-0.2, 0) is 28.5 Å². The van der Waals surface area contributed by atoms with E-state index in [2.05, 4.69) is 108 Å². The van der Waals surface area contributed by atoms with Crippen LogP contribution in [0, 0.1) is 22.7 Å². The molecule has 6 aromatic rings. The van der Waals surface area contributed by atoms with Gasteiger partial charge in [-0.2, -0.15) is 25.4 Å². The predicted molar refractivity (Wildman–Crippen MR) is 385 cm³/mol. The number of hydrogen-bond donors (Lipinski definition) is 3. The smallest absolute Gasteiger partial charge is 0.305 e. The molecule has 6 rings (SSSR count). The second kappa shape index (κ2) is 44.4. The SMILES string of the molecule is CCCCCCCCN(CCCC(=O)OCC)c1ccc(N=Nc2c(C#N)c(C(C)C)nn2-c2ncccn2)c(NCOC(C)(C)C)c1.CCCCCCCCN(CCCC(=O)OCC)c1ccc(N=Nc2n[nH]c(C(C)C)c2C#N)c(NCOC(C)(C)C)c1.Clc1ncccn1. The van der Waals surface area contributed by atoms with Crippen LogP contribution >= 0.6 is 11.6 Å². The van der Waals surface area contributed by atoms with Gasteiger partial charge >= 0.3 is 11.9 Å². The molecule has 0 aliphatic heterocycles. The van der Waals surface area contributed by atoms with E-state index in [1.54, 1.807) is 36.9 Å². The lowest BCUT2D eigenvalue weighted by Crippen LogP contribution is -2.26. The van der Waals surface area contributed by atoms with Gasteiger partial charge in [-0.3, -0.25) is 14.7 Å². The summed E-state index contributed by atoms with van der Waals surface area (Å²) in [6.07, 6.45) is 23.0. The zero-order chi connectivity index (χ0) is 71.0. The van der Waals surface area contributed by atoms with Crippen molar-refractivity contribution in [2.75, 3.05) is 73.3 Å². The average molecular weight is 1360 g/mol. The highest BCUT2D eigenvalue weighted by Crippen LogP contribution is 2.37. The third kappa shape index (κ3) is 30.7. The van der Waals surface area contributed by atoms with Gasteiger partial charge in [-0.05, 0) is 153 Å². The van der Waals surface area contributed by atoms with E-state index in [0.717, 1.165) is 67.3 Å². The molecule has 4 heterocycles. The lowest BCUT2D eigenvalue weighted by molar-refractivity contribution is -0.144. The number of benzene rings is 2. The number of azo groups is 2. The number of rotatable bonds is 39. The van der Waals surface area contributed by atoms with Gasteiger partial charge < -0.3 is 39.4 Å². The minimum absolute atomic E-state index is 0.0222. The number of H-pyrrole nitrogens is 1. The van der Waals surface area contributed by atoms with Crippen molar-refractivity contribution in [3.8, 4) is 18.1 Å². The number of ether oxygens (including phenoxy) is 4. The topological polar surface area (TPSA) is 297 Å². The summed E-state index contributed by atoms with van der Waals surface area (Å²) in [5.41, 5.74) is 6.12. The minimum Gasteiger partial charge on any atom is -0.466 e. The van der Waals surface area contributed by atoms with Crippen LogP contribution in [0.5, 0.6) is 0 Å². The molecule has 0 saturated carbocycles. The van der Waals surface area contributed by atoms with E-state index in [1.807, 2.05) is 113 Å². The van der Waals surface area contributed by atoms with Crippen LogP contribution in [-0.4, -0.2) is 116 Å². The Morgan fingerprint density at radius 1 is 0.598 bits per heavy atom. The average Bonchev–Trinajstić information content (AvgIpc) is 1.67. The van der Waals surface area contributed by atoms with Gasteiger partial charge in [0.15, 0.2) is 5.82 Å². The van der Waals surface area contributed by atoms with Gasteiger partial charge in [0.25, 0.3) is 5.95 Å². The molecule has 4 aromatic heterocycles. The summed E-state index contributed by atoms with van der Waals surface area (Å²) in [5.74, 6) is 0.588. The standard InChI is InChI=1S/C36H53N9O3.C32H51N7O3.C4H3ClN2/c1-8-10-11-12-13-14-22-44(23-15-17-32(46)47-9-2)28-18-19-30(31(24-28)40-26-48-36(5,6)7)41-42-34-29(25-37)33(27(3)4)43-45(34)35-38-20-16-21-39-35;1-8-10-11-12-13-14-19-39(20-15-16-29(40)41-9-2)25-17-18-27(28(21-25)34-23-42-32(5,6)7)35-37-31-26(22-33)30(24(3)4)36-38-31;5-4-6-2-1-3-7-4/h16,18-21,24,27,40H,8-15,17,22-23,26H2,1-7H3;17-18,21,24,34H,8-16,19-20,23H2,1-7H3,(H,36,38);1-3H. The van der Waals surface area contributed by atoms with Crippen molar-refractivity contribution in [1.29, 1.82) is 10.5 Å². The number of nitrogens with one attached hydrogen (secondary N) is 3. The second-order valence-electron chi connectivity index (χ2n) is 25.7. The van der Waals surface area contributed by atoms with E-state index in [-0.39, 0.29) is 53.3 Å². The fraction of sp³-hybridized carbons (Fsp3) is 0.583. The minimum atomic E-state index is -0.347. The highest BCUT2D eigenvalue weighted by atomic mass is 35.5. The number of unbranched alkanes of at least 4 members (excludes halogenated alkanes) is 10. The third-order valence-electron chi connectivity index (χ3n) is 14.8. The van der Waals surface area contributed by atoms with Gasteiger partial charge in [-0.1, -0.05) is 106 Å². The maximum atomic E-state index is 12.1. The largest absolute Gasteiger partial charge is 0.466 e. The number of nitriles is 2. The molecule has 3 N–H and O–H groups in total. The van der Waals surface area contributed by atoms with E-state index >= 15 is 0 Å². The van der Waals surface area contributed by atoms with E-state index in [1.165, 1.54) is 62.5 Å². The lowest BCUT2D eigenvalue weighted by atomic mass is 10.1. The maximum absolute atomic E-state index is 12.1. The van der Waals surface area contributed by atoms with Crippen molar-refractivity contribution >= 4 is 69.3 Å². The van der Waals surface area contributed by atoms with E-state index in [9.17, 15) is 20.1 Å². The van der Waals surface area contributed by atoms with Crippen molar-refractivity contribution in [2.24, 2.45) is 20.5 Å². The number of aromatic nitrogens is 8. The summed E-state index contributed by atoms with van der Waals surface area (Å²) < 4.78 is 23.7. The Hall–Kier alpha value is -8.45. The number of carbonyl (C=O) groups excluding carboxylic acids is 2. The highest BCUT2D eigenvalue weighted by molar-refractivity contribution is 6.28. The van der Waals surface area contributed by atoms with Crippen LogP contribution in [0.2, 0.25) is 5.28 Å². The van der Waals surface area contributed by atoms with Crippen molar-refractivity contribution < 1.29 is 28.5 Å². The first-order chi connectivity index (χ1) is 46.6. The quantitative estimate of drug-likeness (QED) is 0.0106. The van der Waals surface area contributed by atoms with Crippen LogP contribution < -0.4 is 20.4 Å². The first-order valence-corrected chi connectivity index (χ1v) is 34.8. The fourth-order valence-electron chi connectivity index (χ4n) is 9.76. The Bertz CT molecular complexity index is 3390. The molecule has 0 spiro atoms. The molecule has 24 nitrogen and oxygen atoms in total. The van der Waals surface area contributed by atoms with Crippen molar-refractivity contribution in [2.45, 2.75) is 223 Å². The Morgan fingerprint density at radius 3 is 1.45 bits per heavy atom. The number of hydrogen-bond acceptors (Lipinski definition) is 22. The van der Waals surface area contributed by atoms with Crippen LogP contribution in [0.15, 0.2) is 93.8 Å². The summed E-state index contributed by atoms with van der Waals surface area (Å²) in [6, 6.07) is 19.9. The zero-order valence-electron chi connectivity index (χ0n) is 60.1. The predicted octanol–water partition coefficient (Wildman–Crippen LogP) is 18.4. The molecule has 528 valence electrons. The number of aromatic amines is 1. The van der Waals surface area contributed by atoms with E-state index in [4.69, 9.17) is 30.5 Å². The maximum Gasteiger partial charge on any atom is 0.305 e. The summed E-state index contributed by atoms with van der Waals surface area (Å²) >= 11 is 5.32. The van der Waals surface area contributed by atoms with Gasteiger partial charge in [-0.15, -0.1) is 20.5 Å². The molecule has 0 bridgehead atoms. The molecule has 25 heteroatoms. The Balaban J connectivity index is 0.000000376. The van der Waals surface area contributed by atoms with Crippen molar-refractivity contribution in [3.05, 3.63) is 101 Å². The molecule has 0 atom stereocenters. The number of halogens is 1. The fourth-order valence-corrected chi connectivity index (χ4v) is 9.87. The summed E-state index contributed by atoms with van der Waals surface area (Å²) in [6.45, 7) is 32.6. The normalized spacial score (nSPS) is 11.5. The monoisotopic (exact) mass is 1350 g/mol. The van der Waals surface area contributed by atoms with Crippen molar-refractivity contribution in [1.82, 2.24) is 39.9 Å². The second-order valence-corrected chi connectivity index (χ2v) is 26.1. The molecular formula is C72H107ClN18O6. The number of nitrogens with zero attached hydrogens (tertiary/aromatic N) is 15. The first-order valence-electron chi connectivity index (χ1n) is 34.5. The molecule has 0 aliphatic carbocycles. The molecule has 0 unspecified atom stereocenters. The van der Waals surface area contributed by atoms with Gasteiger partial charge in [0, 0.05) is 75.2 Å². The molecule has 2 aromatic carbocycles. The Morgan fingerprint density at radius 2 is 1.04 bits per heavy atom. The number of esters is 2. The van der Waals surface area contributed by atoms with Crippen LogP contribution in [0.1, 0.15) is 234 Å². The van der Waals surface area contributed by atoms with Crippen LogP contribution in [0.25, 0.3) is 5.95 Å². The van der Waals surface area contributed by atoms with Gasteiger partial charge in [-0.25, -0.2) is 19.9 Å². The van der Waals surface area contributed by atoms with Gasteiger partial charge in [0.05, 0.1) is 47.2 Å². The highest BCUT2D eigenvalue weighted by Gasteiger charge is 2.24. The molecular weight excluding hydrogens is 1250 g/mol. The zero-order valence-corrected chi connectivity index (χ0v) is 60.8. The molecule has 0 amide bonds. The van der Waals surface area contributed by atoms with Gasteiger partial charge in [0.2, 0.25) is 11.1 Å². The molecule has 0 radical (unpaired) electrons. The Kier molecular flexibility index (Phi) is 37.1. The van der Waals surface area contributed by atoms with Crippen molar-refractivity contribution in [3.63, 3.8) is 0 Å². The third-order valence-corrected chi connectivity index (χ3v) is 15.0. The van der Waals surface area contributed by atoms with Crippen LogP contribution in [0.4, 0.5) is 45.8 Å². The number of anilines is 4.